The van der Waals surface area contributed by atoms with Gasteiger partial charge in [-0.3, -0.25) is 4.90 Å². The molecule has 3 rings (SSSR count). The molecule has 5 heteroatoms. The fraction of sp³-hybridized carbons (Fsp3) is 0.529. The van der Waals surface area contributed by atoms with Gasteiger partial charge in [-0.05, 0) is 44.3 Å². The third kappa shape index (κ3) is 3.93. The zero-order chi connectivity index (χ0) is 15.4. The maximum absolute atomic E-state index is 5.98. The van der Waals surface area contributed by atoms with Crippen LogP contribution in [0.1, 0.15) is 37.0 Å². The molecule has 0 radical (unpaired) electrons. The summed E-state index contributed by atoms with van der Waals surface area (Å²) in [5.41, 5.74) is 7.18. The maximum Gasteiger partial charge on any atom is 0.240 e. The largest absolute Gasteiger partial charge is 0.338 e. The van der Waals surface area contributed by atoms with Gasteiger partial charge in [0, 0.05) is 12.5 Å². The van der Waals surface area contributed by atoms with Gasteiger partial charge < -0.3 is 10.3 Å². The zero-order valence-corrected chi connectivity index (χ0v) is 13.1. The Bertz CT molecular complexity index is 573. The van der Waals surface area contributed by atoms with Crippen LogP contribution in [-0.2, 0) is 13.0 Å². The molecule has 0 aliphatic carbocycles. The third-order valence-electron chi connectivity index (χ3n) is 4.45. The van der Waals surface area contributed by atoms with Crippen LogP contribution in [0.15, 0.2) is 34.9 Å². The van der Waals surface area contributed by atoms with Crippen LogP contribution >= 0.6 is 0 Å². The Morgan fingerprint density at radius 1 is 1.27 bits per heavy atom. The Morgan fingerprint density at radius 3 is 2.68 bits per heavy atom. The minimum atomic E-state index is 0.294. The van der Waals surface area contributed by atoms with Crippen LogP contribution in [0.3, 0.4) is 0 Å². The zero-order valence-electron chi connectivity index (χ0n) is 13.1. The van der Waals surface area contributed by atoms with Crippen molar-refractivity contribution in [2.45, 2.75) is 38.8 Å². The van der Waals surface area contributed by atoms with E-state index in [2.05, 4.69) is 34.1 Å². The summed E-state index contributed by atoms with van der Waals surface area (Å²) in [6, 6.07) is 10.5. The highest BCUT2D eigenvalue weighted by molar-refractivity contribution is 5.18. The number of nitrogens with two attached hydrogens (primary N) is 1. The van der Waals surface area contributed by atoms with E-state index in [0.717, 1.165) is 44.7 Å². The van der Waals surface area contributed by atoms with Crippen LogP contribution in [0.5, 0.6) is 0 Å². The molecule has 2 heterocycles. The third-order valence-corrected chi connectivity index (χ3v) is 4.45. The normalized spacial score (nSPS) is 18.5. The summed E-state index contributed by atoms with van der Waals surface area (Å²) >= 11 is 0. The van der Waals surface area contributed by atoms with Crippen LogP contribution in [0.25, 0.3) is 0 Å². The number of hydrogen-bond acceptors (Lipinski definition) is 5. The van der Waals surface area contributed by atoms with Crippen molar-refractivity contribution in [1.29, 1.82) is 0 Å². The highest BCUT2D eigenvalue weighted by Gasteiger charge is 2.23. The van der Waals surface area contributed by atoms with Crippen molar-refractivity contribution in [3.63, 3.8) is 0 Å². The van der Waals surface area contributed by atoms with E-state index in [4.69, 9.17) is 10.3 Å². The van der Waals surface area contributed by atoms with Gasteiger partial charge >= 0.3 is 0 Å². The highest BCUT2D eigenvalue weighted by atomic mass is 16.5. The second-order valence-electron chi connectivity index (χ2n) is 6.24. The Morgan fingerprint density at radius 2 is 2.00 bits per heavy atom. The molecule has 0 bridgehead atoms. The van der Waals surface area contributed by atoms with Gasteiger partial charge in [0.05, 0.1) is 6.54 Å². The first-order chi connectivity index (χ1) is 10.7. The van der Waals surface area contributed by atoms with Crippen LogP contribution < -0.4 is 5.73 Å². The van der Waals surface area contributed by atoms with Gasteiger partial charge in [-0.1, -0.05) is 35.5 Å². The topological polar surface area (TPSA) is 68.2 Å². The second kappa shape index (κ2) is 7.03. The second-order valence-corrected chi connectivity index (χ2v) is 6.24. The van der Waals surface area contributed by atoms with Gasteiger partial charge in [-0.2, -0.15) is 4.98 Å². The minimum absolute atomic E-state index is 0.294. The first-order valence-electron chi connectivity index (χ1n) is 8.04. The molecule has 1 aliphatic rings. The quantitative estimate of drug-likeness (QED) is 0.917. The summed E-state index contributed by atoms with van der Waals surface area (Å²) in [6.45, 7) is 4.97. The van der Waals surface area contributed by atoms with E-state index >= 15 is 0 Å². The smallest absolute Gasteiger partial charge is 0.240 e. The van der Waals surface area contributed by atoms with E-state index in [-0.39, 0.29) is 0 Å². The number of likely N-dealkylation sites (tertiary alicyclic amines) is 1. The van der Waals surface area contributed by atoms with Gasteiger partial charge in [0.1, 0.15) is 0 Å². The monoisotopic (exact) mass is 300 g/mol. The van der Waals surface area contributed by atoms with E-state index in [1.54, 1.807) is 0 Å². The van der Waals surface area contributed by atoms with Gasteiger partial charge in [0.25, 0.3) is 0 Å². The number of hydrogen-bond donors (Lipinski definition) is 1. The van der Waals surface area contributed by atoms with Gasteiger partial charge in [-0.15, -0.1) is 0 Å². The summed E-state index contributed by atoms with van der Waals surface area (Å²) < 4.78 is 5.39. The van der Waals surface area contributed by atoms with E-state index in [9.17, 15) is 0 Å². The van der Waals surface area contributed by atoms with Crippen molar-refractivity contribution in [2.75, 3.05) is 13.1 Å². The SMILES string of the molecule is CC(N)C1CCN(Cc2nc(Cc3ccccc3)no2)CC1. The lowest BCUT2D eigenvalue weighted by Crippen LogP contribution is -2.39. The van der Waals surface area contributed by atoms with Crippen molar-refractivity contribution in [3.05, 3.63) is 47.6 Å². The van der Waals surface area contributed by atoms with Crippen molar-refractivity contribution < 1.29 is 4.52 Å². The number of nitrogens with zero attached hydrogens (tertiary/aromatic N) is 3. The van der Waals surface area contributed by atoms with Crippen LogP contribution in [0.4, 0.5) is 0 Å². The maximum atomic E-state index is 5.98. The van der Waals surface area contributed by atoms with E-state index < -0.39 is 0 Å². The van der Waals surface area contributed by atoms with Crippen molar-refractivity contribution in [3.8, 4) is 0 Å². The molecule has 1 atom stereocenters. The van der Waals surface area contributed by atoms with Crippen molar-refractivity contribution in [1.82, 2.24) is 15.0 Å². The van der Waals surface area contributed by atoms with Crippen molar-refractivity contribution in [2.24, 2.45) is 11.7 Å². The fourth-order valence-electron chi connectivity index (χ4n) is 3.03. The molecule has 1 aromatic carbocycles. The van der Waals surface area contributed by atoms with Gasteiger partial charge in [-0.25, -0.2) is 0 Å². The summed E-state index contributed by atoms with van der Waals surface area (Å²) in [6.07, 6.45) is 3.03. The molecular weight excluding hydrogens is 276 g/mol. The molecule has 0 amide bonds. The summed E-state index contributed by atoms with van der Waals surface area (Å²) in [4.78, 5) is 6.88. The van der Waals surface area contributed by atoms with Crippen LogP contribution in [0, 0.1) is 5.92 Å². The predicted octanol–water partition coefficient (Wildman–Crippen LogP) is 2.22. The first-order valence-corrected chi connectivity index (χ1v) is 8.04. The molecule has 5 nitrogen and oxygen atoms in total. The average Bonchev–Trinajstić information content (AvgIpc) is 2.96. The average molecular weight is 300 g/mol. The molecular formula is C17H24N4O. The number of piperidine rings is 1. The van der Waals surface area contributed by atoms with Gasteiger partial charge in [0.15, 0.2) is 5.82 Å². The summed E-state index contributed by atoms with van der Waals surface area (Å²) in [5, 5.41) is 4.09. The number of aromatic nitrogens is 2. The Balaban J connectivity index is 1.52. The molecule has 1 unspecified atom stereocenters. The summed E-state index contributed by atoms with van der Waals surface area (Å²) in [7, 11) is 0. The summed E-state index contributed by atoms with van der Waals surface area (Å²) in [5.74, 6) is 2.12. The Labute approximate surface area is 131 Å². The van der Waals surface area contributed by atoms with Crippen LogP contribution in [0.2, 0.25) is 0 Å². The fourth-order valence-corrected chi connectivity index (χ4v) is 3.03. The highest BCUT2D eigenvalue weighted by Crippen LogP contribution is 2.20. The molecule has 118 valence electrons. The molecule has 0 spiro atoms. The van der Waals surface area contributed by atoms with Crippen molar-refractivity contribution >= 4 is 0 Å². The Hall–Kier alpha value is -1.72. The molecule has 1 saturated heterocycles. The van der Waals surface area contributed by atoms with Gasteiger partial charge in [0.2, 0.25) is 5.89 Å². The Kier molecular flexibility index (Phi) is 4.85. The van der Waals surface area contributed by atoms with Crippen LogP contribution in [-0.4, -0.2) is 34.2 Å². The molecule has 2 aromatic rings. The molecule has 0 saturated carbocycles. The molecule has 2 N–H and O–H groups in total. The van der Waals surface area contributed by atoms with E-state index in [1.807, 2.05) is 18.2 Å². The standard InChI is InChI=1S/C17H24N4O/c1-13(18)15-7-9-21(10-8-15)12-17-19-16(20-22-17)11-14-5-3-2-4-6-14/h2-6,13,15H,7-12,18H2,1H3. The van der Waals surface area contributed by atoms with E-state index in [0.29, 0.717) is 17.9 Å². The minimum Gasteiger partial charge on any atom is -0.338 e. The molecule has 1 aliphatic heterocycles. The molecule has 1 aromatic heterocycles. The first kappa shape index (κ1) is 15.2. The molecule has 22 heavy (non-hydrogen) atoms. The lowest BCUT2D eigenvalue weighted by atomic mass is 9.91. The number of benzene rings is 1. The lowest BCUT2D eigenvalue weighted by Gasteiger charge is -2.32. The van der Waals surface area contributed by atoms with E-state index in [1.165, 1.54) is 5.56 Å². The predicted molar refractivity (Wildman–Crippen MR) is 85.2 cm³/mol. The number of rotatable bonds is 5. The lowest BCUT2D eigenvalue weighted by molar-refractivity contribution is 0.150. The molecule has 1 fully saturated rings.